The van der Waals surface area contributed by atoms with Crippen LogP contribution >= 0.6 is 0 Å². The van der Waals surface area contributed by atoms with Crippen molar-refractivity contribution in [3.8, 4) is 6.01 Å². The largest absolute Gasteiger partial charge is 0.468 e. The molecular formula is C9H16N6O3. The Kier molecular flexibility index (Phi) is 5.06. The van der Waals surface area contributed by atoms with Gasteiger partial charge in [-0.3, -0.25) is 10.2 Å². The predicted octanol–water partition coefficient (Wildman–Crippen LogP) is -0.471. The third-order valence-corrected chi connectivity index (χ3v) is 1.70. The maximum Gasteiger partial charge on any atom is 0.325 e. The highest BCUT2D eigenvalue weighted by molar-refractivity contribution is 5.74. The van der Waals surface area contributed by atoms with E-state index in [1.54, 1.807) is 0 Å². The van der Waals surface area contributed by atoms with Gasteiger partial charge in [0.05, 0.1) is 13.2 Å². The van der Waals surface area contributed by atoms with Crippen molar-refractivity contribution in [1.29, 1.82) is 0 Å². The first-order valence-electron chi connectivity index (χ1n) is 5.25. The first-order valence-corrected chi connectivity index (χ1v) is 5.25. The van der Waals surface area contributed by atoms with Crippen LogP contribution in [0.1, 0.15) is 13.8 Å². The van der Waals surface area contributed by atoms with Crippen molar-refractivity contribution in [3.05, 3.63) is 0 Å². The second-order valence-corrected chi connectivity index (χ2v) is 3.51. The van der Waals surface area contributed by atoms with Crippen LogP contribution in [0.3, 0.4) is 0 Å². The Bertz CT molecular complexity index is 411. The minimum atomic E-state index is -0.441. The zero-order chi connectivity index (χ0) is 13.5. The number of aromatic nitrogens is 3. The number of hydrogen-bond acceptors (Lipinski definition) is 9. The number of nitrogen functional groups attached to an aromatic ring is 1. The van der Waals surface area contributed by atoms with Crippen LogP contribution in [0.5, 0.6) is 6.01 Å². The Balaban J connectivity index is 2.79. The standard InChI is InChI=1S/C9H16N6O3/c1-5(2)18-9-13-7(11-4-6(16)17-3)12-8(14-9)15-10/h5H,4,10H2,1-3H3,(H2,11,12,13,14,15). The van der Waals surface area contributed by atoms with Crippen molar-refractivity contribution in [2.24, 2.45) is 5.84 Å². The zero-order valence-corrected chi connectivity index (χ0v) is 10.4. The van der Waals surface area contributed by atoms with Gasteiger partial charge in [0.25, 0.3) is 0 Å². The lowest BCUT2D eigenvalue weighted by Gasteiger charge is -2.10. The second-order valence-electron chi connectivity index (χ2n) is 3.51. The lowest BCUT2D eigenvalue weighted by atomic mass is 10.5. The molecule has 1 aromatic heterocycles. The molecule has 9 nitrogen and oxygen atoms in total. The molecule has 9 heteroatoms. The molecule has 18 heavy (non-hydrogen) atoms. The summed E-state index contributed by atoms with van der Waals surface area (Å²) in [4.78, 5) is 22.8. The lowest BCUT2D eigenvalue weighted by molar-refractivity contribution is -0.138. The van der Waals surface area contributed by atoms with E-state index in [4.69, 9.17) is 10.6 Å². The van der Waals surface area contributed by atoms with Crippen LogP contribution in [0.2, 0.25) is 0 Å². The highest BCUT2D eigenvalue weighted by Gasteiger charge is 2.09. The number of rotatable bonds is 6. The van der Waals surface area contributed by atoms with Gasteiger partial charge < -0.3 is 14.8 Å². The number of nitrogens with one attached hydrogen (secondary N) is 2. The first kappa shape index (κ1) is 13.9. The van der Waals surface area contributed by atoms with Gasteiger partial charge in [-0.05, 0) is 13.8 Å². The number of methoxy groups -OCH3 is 1. The van der Waals surface area contributed by atoms with E-state index in [-0.39, 0.29) is 30.6 Å². The van der Waals surface area contributed by atoms with Gasteiger partial charge in [-0.2, -0.15) is 15.0 Å². The Hall–Kier alpha value is -2.16. The summed E-state index contributed by atoms with van der Waals surface area (Å²) in [6.45, 7) is 3.60. The molecule has 0 aliphatic heterocycles. The Morgan fingerprint density at radius 2 is 2.00 bits per heavy atom. The predicted molar refractivity (Wildman–Crippen MR) is 63.9 cm³/mol. The molecule has 0 fully saturated rings. The summed E-state index contributed by atoms with van der Waals surface area (Å²) >= 11 is 0. The molecule has 1 aromatic rings. The number of carbonyl (C=O) groups is 1. The normalized spacial score (nSPS) is 10.1. The maximum atomic E-state index is 11.0. The van der Waals surface area contributed by atoms with Crippen LogP contribution in [0, 0.1) is 0 Å². The fourth-order valence-electron chi connectivity index (χ4n) is 0.987. The summed E-state index contributed by atoms with van der Waals surface area (Å²) in [6, 6.07) is 0.111. The summed E-state index contributed by atoms with van der Waals surface area (Å²) in [7, 11) is 1.29. The molecule has 0 saturated carbocycles. The van der Waals surface area contributed by atoms with Gasteiger partial charge in [-0.1, -0.05) is 0 Å². The zero-order valence-electron chi connectivity index (χ0n) is 10.4. The Morgan fingerprint density at radius 1 is 1.33 bits per heavy atom. The van der Waals surface area contributed by atoms with Gasteiger partial charge in [0, 0.05) is 0 Å². The third kappa shape index (κ3) is 4.37. The highest BCUT2D eigenvalue weighted by atomic mass is 16.5. The van der Waals surface area contributed by atoms with Gasteiger partial charge in [0.2, 0.25) is 11.9 Å². The molecule has 0 saturated heterocycles. The Labute approximate surface area is 104 Å². The highest BCUT2D eigenvalue weighted by Crippen LogP contribution is 2.11. The van der Waals surface area contributed by atoms with E-state index in [2.05, 4.69) is 30.4 Å². The van der Waals surface area contributed by atoms with Crippen molar-refractivity contribution in [3.63, 3.8) is 0 Å². The third-order valence-electron chi connectivity index (χ3n) is 1.70. The summed E-state index contributed by atoms with van der Waals surface area (Å²) in [6.07, 6.45) is -0.0912. The molecule has 0 bridgehead atoms. The van der Waals surface area contributed by atoms with E-state index in [1.165, 1.54) is 7.11 Å². The van der Waals surface area contributed by atoms with Crippen molar-refractivity contribution in [2.45, 2.75) is 20.0 Å². The minimum Gasteiger partial charge on any atom is -0.468 e. The van der Waals surface area contributed by atoms with E-state index in [9.17, 15) is 4.79 Å². The molecule has 1 heterocycles. The van der Waals surface area contributed by atoms with Crippen molar-refractivity contribution in [1.82, 2.24) is 15.0 Å². The molecule has 0 radical (unpaired) electrons. The number of anilines is 2. The van der Waals surface area contributed by atoms with Crippen LogP contribution in [0.15, 0.2) is 0 Å². The van der Waals surface area contributed by atoms with Crippen LogP contribution in [-0.2, 0) is 9.53 Å². The van der Waals surface area contributed by atoms with E-state index >= 15 is 0 Å². The minimum absolute atomic E-state index is 0.0638. The van der Waals surface area contributed by atoms with Gasteiger partial charge in [-0.15, -0.1) is 0 Å². The maximum absolute atomic E-state index is 11.0. The SMILES string of the molecule is COC(=O)CNc1nc(NN)nc(OC(C)C)n1. The van der Waals surface area contributed by atoms with Crippen LogP contribution in [0.25, 0.3) is 0 Å². The average Bonchev–Trinajstić information content (AvgIpc) is 2.34. The topological polar surface area (TPSA) is 124 Å². The van der Waals surface area contributed by atoms with Crippen LogP contribution in [0.4, 0.5) is 11.9 Å². The molecule has 4 N–H and O–H groups in total. The van der Waals surface area contributed by atoms with E-state index < -0.39 is 5.97 Å². The number of hydrogen-bond donors (Lipinski definition) is 3. The van der Waals surface area contributed by atoms with Crippen molar-refractivity contribution < 1.29 is 14.3 Å². The Morgan fingerprint density at radius 3 is 2.56 bits per heavy atom. The molecule has 100 valence electrons. The molecule has 0 aromatic carbocycles. The summed E-state index contributed by atoms with van der Waals surface area (Å²) in [5.41, 5.74) is 2.28. The molecule has 0 aliphatic carbocycles. The van der Waals surface area contributed by atoms with Gasteiger partial charge in [-0.25, -0.2) is 5.84 Å². The summed E-state index contributed by atoms with van der Waals surface area (Å²) < 4.78 is 9.80. The quantitative estimate of drug-likeness (QED) is 0.352. The summed E-state index contributed by atoms with van der Waals surface area (Å²) in [5, 5.41) is 2.67. The lowest BCUT2D eigenvalue weighted by Crippen LogP contribution is -2.19. The number of esters is 1. The van der Waals surface area contributed by atoms with Crippen molar-refractivity contribution >= 4 is 17.9 Å². The van der Waals surface area contributed by atoms with E-state index in [0.29, 0.717) is 0 Å². The fourth-order valence-corrected chi connectivity index (χ4v) is 0.987. The number of ether oxygens (including phenoxy) is 2. The molecule has 0 spiro atoms. The molecule has 0 aliphatic rings. The molecule has 0 atom stereocenters. The monoisotopic (exact) mass is 256 g/mol. The molecular weight excluding hydrogens is 240 g/mol. The average molecular weight is 256 g/mol. The second kappa shape index (κ2) is 6.55. The fraction of sp³-hybridized carbons (Fsp3) is 0.556. The number of carbonyl (C=O) groups excluding carboxylic acids is 1. The first-order chi connectivity index (χ1) is 8.55. The molecule has 0 amide bonds. The van der Waals surface area contributed by atoms with Gasteiger partial charge in [0.1, 0.15) is 6.54 Å². The molecule has 0 unspecified atom stereocenters. The smallest absolute Gasteiger partial charge is 0.325 e. The van der Waals surface area contributed by atoms with Crippen molar-refractivity contribution in [2.75, 3.05) is 24.4 Å². The molecule has 1 rings (SSSR count). The number of nitrogens with two attached hydrogens (primary N) is 1. The number of hydrazine groups is 1. The van der Waals surface area contributed by atoms with E-state index in [1.807, 2.05) is 13.8 Å². The summed E-state index contributed by atoms with van der Waals surface area (Å²) in [5.74, 6) is 5.08. The van der Waals surface area contributed by atoms with Crippen LogP contribution < -0.4 is 21.3 Å². The van der Waals surface area contributed by atoms with E-state index in [0.717, 1.165) is 0 Å². The van der Waals surface area contributed by atoms with Gasteiger partial charge >= 0.3 is 12.0 Å². The van der Waals surface area contributed by atoms with Gasteiger partial charge in [0.15, 0.2) is 0 Å². The number of nitrogens with zero attached hydrogens (tertiary/aromatic N) is 3. The van der Waals surface area contributed by atoms with Crippen LogP contribution in [-0.4, -0.2) is 40.7 Å².